The van der Waals surface area contributed by atoms with Crippen molar-refractivity contribution < 1.29 is 0 Å². The van der Waals surface area contributed by atoms with Gasteiger partial charge in [0, 0.05) is 29.1 Å². The molecule has 4 unspecified atom stereocenters. The van der Waals surface area contributed by atoms with Crippen molar-refractivity contribution in [2.24, 2.45) is 0 Å². The molecule has 0 bridgehead atoms. The van der Waals surface area contributed by atoms with Crippen LogP contribution in [0.15, 0.2) is 558 Å². The monoisotopic (exact) mass is 1900 g/mol. The van der Waals surface area contributed by atoms with Gasteiger partial charge in [0.05, 0.1) is 0 Å². The summed E-state index contributed by atoms with van der Waals surface area (Å²) in [7, 11) is 0. The van der Waals surface area contributed by atoms with Gasteiger partial charge in [-0.1, -0.05) is 505 Å². The van der Waals surface area contributed by atoms with Crippen molar-refractivity contribution in [3.05, 3.63) is 647 Å². The van der Waals surface area contributed by atoms with Crippen molar-refractivity contribution >= 4 is 10.8 Å². The Morgan fingerprint density at radius 1 is 0.147 bits per heavy atom. The first-order valence-electron chi connectivity index (χ1n) is 52.9. The SMILES string of the molecule is CC1(C)c2ccccc2-c2cc3c(cc21)C(c1cccc(-c2cc(-c4ccccc4)cc(-c4ccc(-c5ccccc5)cc4)c2)c1)c1ccccc1-3.c1ccc(-c2cc(-c3ccccc3)cc(-c3cccc(C4c5ccccc5-c5cc(-c6ccc7c(c6)-c6ccccc6C7)ccc54)c3)c2)cc1.c1ccc(-c2cc(-c3ccccc3)cc(C3c4ccccc4-c4cc5c(cc43)C(c3ccccc3)c3ccc4ccccc4c3-5)c2)cc1. The average molecular weight is 1910 g/mol. The van der Waals surface area contributed by atoms with E-state index in [0.29, 0.717) is 0 Å². The molecule has 30 rings (SSSR count). The molecule has 0 saturated heterocycles. The number of rotatable bonds is 14. The molecule has 704 valence electrons. The third-order valence-electron chi connectivity index (χ3n) is 32.9. The van der Waals surface area contributed by atoms with E-state index in [0.717, 1.165) is 6.42 Å². The lowest BCUT2D eigenvalue weighted by molar-refractivity contribution is 0.659. The largest absolute Gasteiger partial charge is 0.0622 e. The maximum absolute atomic E-state index is 2.57. The van der Waals surface area contributed by atoms with Crippen LogP contribution in [0.3, 0.4) is 0 Å². The Kier molecular flexibility index (Phi) is 22.1. The van der Waals surface area contributed by atoms with Crippen LogP contribution < -0.4 is 0 Å². The second-order valence-electron chi connectivity index (χ2n) is 41.8. The van der Waals surface area contributed by atoms with Crippen LogP contribution in [-0.4, -0.2) is 0 Å². The summed E-state index contributed by atoms with van der Waals surface area (Å²) >= 11 is 0. The molecule has 4 atom stereocenters. The molecule has 0 radical (unpaired) electrons. The smallest absolute Gasteiger partial charge is 0.0352 e. The normalized spacial score (nSPS) is 14.6. The summed E-state index contributed by atoms with van der Waals surface area (Å²) in [5.74, 6) is 0.654. The molecule has 0 heterocycles. The van der Waals surface area contributed by atoms with Crippen molar-refractivity contribution in [2.75, 3.05) is 0 Å². The number of fused-ring (bicyclic) bond motifs is 20. The topological polar surface area (TPSA) is 0 Å². The molecule has 0 aliphatic heterocycles. The minimum atomic E-state index is -0.0459. The van der Waals surface area contributed by atoms with Gasteiger partial charge in [0.15, 0.2) is 0 Å². The first kappa shape index (κ1) is 89.2. The number of hydrogen-bond donors (Lipinski definition) is 0. The quantitative estimate of drug-likeness (QED) is 0.102. The summed E-state index contributed by atoms with van der Waals surface area (Å²) in [5, 5.41) is 2.63. The zero-order valence-electron chi connectivity index (χ0n) is 83.6. The van der Waals surface area contributed by atoms with E-state index in [9.17, 15) is 0 Å². The van der Waals surface area contributed by atoms with Crippen molar-refractivity contribution in [3.63, 3.8) is 0 Å². The number of benzene rings is 24. The van der Waals surface area contributed by atoms with Crippen LogP contribution in [0.5, 0.6) is 0 Å². The van der Waals surface area contributed by atoms with Crippen LogP contribution in [0.25, 0.3) is 189 Å². The molecule has 0 spiro atoms. The van der Waals surface area contributed by atoms with Gasteiger partial charge in [0.25, 0.3) is 0 Å². The van der Waals surface area contributed by atoms with Gasteiger partial charge in [-0.05, 0) is 351 Å². The highest BCUT2D eigenvalue weighted by Gasteiger charge is 2.42. The molecular weight excluding hydrogens is 1800 g/mol. The van der Waals surface area contributed by atoms with Crippen LogP contribution >= 0.6 is 0 Å². The zero-order chi connectivity index (χ0) is 99.4. The molecule has 0 aromatic heterocycles. The number of hydrogen-bond acceptors (Lipinski definition) is 0. The standard InChI is InChI=1S/C52H38.C50H34.C48H32/c1-52(2)49-23-12-11-21-44(49)47-32-46-43-20-9-10-22-45(43)51(48(46)33-50(47)52)39-19-13-18-38(28-39)42-30-40(35-16-7-4-8-17-35)29-41(31-42)37-26-24-36(25-27-37)34-14-5-3-6-15-34;1-3-12-33(13-4-1)41-28-42(34-14-5-2-6-15-34)30-43(29-41)35-17-11-18-40(26-35)50-46-21-10-9-20-45(46)49-32-37(24-25-47(49)50)36-22-23-39-27-38-16-7-8-19-44(38)48(39)31-36;1-4-14-31(15-5-1)35-26-36(32-16-6-2-7-17-32)28-37(27-35)47-40-23-13-12-22-39(40)42-29-45-44(30-43(42)47)46(34-19-8-3-9-20-34)41-25-24-33-18-10-11-21-38(33)48(41)45/h3-33,51H,1-2H3;1-26,28-32,50H,27H2;1-30,46-47H. The molecule has 0 N–H and O–H groups in total. The van der Waals surface area contributed by atoms with Crippen molar-refractivity contribution in [1.82, 2.24) is 0 Å². The Morgan fingerprint density at radius 2 is 0.453 bits per heavy atom. The molecule has 150 heavy (non-hydrogen) atoms. The summed E-state index contributed by atoms with van der Waals surface area (Å²) in [6.07, 6.45) is 1.02. The molecule has 0 heteroatoms. The lowest BCUT2D eigenvalue weighted by Gasteiger charge is -2.23. The predicted octanol–water partition coefficient (Wildman–Crippen LogP) is 39.4. The first-order chi connectivity index (χ1) is 74.1. The summed E-state index contributed by atoms with van der Waals surface area (Å²) in [6.45, 7) is 4.77. The Labute approximate surface area is 878 Å². The molecule has 24 aromatic carbocycles. The van der Waals surface area contributed by atoms with Crippen LogP contribution in [0, 0.1) is 0 Å². The molecule has 0 amide bonds. The fraction of sp³-hybridized carbons (Fsp3) is 0.0533. The Hall–Kier alpha value is -18.5. The summed E-state index contributed by atoms with van der Waals surface area (Å²) < 4.78 is 0. The maximum atomic E-state index is 2.57. The van der Waals surface area contributed by atoms with E-state index in [1.807, 2.05) is 0 Å². The second kappa shape index (κ2) is 37.2. The Bertz CT molecular complexity index is 9280. The molecule has 0 nitrogen and oxygen atoms in total. The van der Waals surface area contributed by atoms with Gasteiger partial charge in [-0.25, -0.2) is 0 Å². The van der Waals surface area contributed by atoms with E-state index in [-0.39, 0.29) is 29.1 Å². The van der Waals surface area contributed by atoms with E-state index in [1.165, 1.54) is 278 Å². The average Bonchev–Trinajstić information content (AvgIpc) is 1.55. The third kappa shape index (κ3) is 15.8. The van der Waals surface area contributed by atoms with Gasteiger partial charge in [-0.15, -0.1) is 0 Å². The zero-order valence-corrected chi connectivity index (χ0v) is 83.6. The Balaban J connectivity index is 0.000000108. The molecule has 6 aliphatic rings. The van der Waals surface area contributed by atoms with Crippen LogP contribution in [0.4, 0.5) is 0 Å². The van der Waals surface area contributed by atoms with Gasteiger partial charge >= 0.3 is 0 Å². The van der Waals surface area contributed by atoms with Gasteiger partial charge in [-0.3, -0.25) is 0 Å². The summed E-state index contributed by atoms with van der Waals surface area (Å²) in [6, 6.07) is 207. The van der Waals surface area contributed by atoms with Crippen LogP contribution in [0.1, 0.15) is 127 Å². The van der Waals surface area contributed by atoms with Crippen molar-refractivity contribution in [3.8, 4) is 178 Å². The van der Waals surface area contributed by atoms with E-state index in [1.54, 1.807) is 0 Å². The van der Waals surface area contributed by atoms with Crippen molar-refractivity contribution in [2.45, 2.75) is 49.4 Å². The highest BCUT2D eigenvalue weighted by atomic mass is 14.5. The van der Waals surface area contributed by atoms with E-state index in [4.69, 9.17) is 0 Å². The van der Waals surface area contributed by atoms with Gasteiger partial charge in [-0.2, -0.15) is 0 Å². The molecule has 6 aliphatic carbocycles. The van der Waals surface area contributed by atoms with Gasteiger partial charge in [0.1, 0.15) is 0 Å². The molecule has 24 aromatic rings. The highest BCUT2D eigenvalue weighted by molar-refractivity contribution is 6.05. The van der Waals surface area contributed by atoms with Crippen LogP contribution in [-0.2, 0) is 11.8 Å². The summed E-state index contributed by atoms with van der Waals surface area (Å²) in [5.41, 5.74) is 63.2. The van der Waals surface area contributed by atoms with Crippen LogP contribution in [0.2, 0.25) is 0 Å². The first-order valence-corrected chi connectivity index (χ1v) is 52.9. The lowest BCUT2D eigenvalue weighted by atomic mass is 9.80. The van der Waals surface area contributed by atoms with Gasteiger partial charge < -0.3 is 0 Å². The Morgan fingerprint density at radius 3 is 0.967 bits per heavy atom. The minimum absolute atomic E-state index is 0.0459. The van der Waals surface area contributed by atoms with Gasteiger partial charge in [0.2, 0.25) is 0 Å². The molecule has 0 fully saturated rings. The third-order valence-corrected chi connectivity index (χ3v) is 32.9. The molecular formula is C150H104. The minimum Gasteiger partial charge on any atom is -0.0622 e. The predicted molar refractivity (Wildman–Crippen MR) is 628 cm³/mol. The van der Waals surface area contributed by atoms with Crippen molar-refractivity contribution in [1.29, 1.82) is 0 Å². The van der Waals surface area contributed by atoms with E-state index < -0.39 is 0 Å². The fourth-order valence-corrected chi connectivity index (χ4v) is 25.7. The second-order valence-corrected chi connectivity index (χ2v) is 41.8. The lowest BCUT2D eigenvalue weighted by Crippen LogP contribution is -2.15. The fourth-order valence-electron chi connectivity index (χ4n) is 25.7. The highest BCUT2D eigenvalue weighted by Crippen LogP contribution is 2.61. The summed E-state index contributed by atoms with van der Waals surface area (Å²) in [4.78, 5) is 0. The molecule has 0 saturated carbocycles. The maximum Gasteiger partial charge on any atom is 0.0352 e. The van der Waals surface area contributed by atoms with E-state index >= 15 is 0 Å². The van der Waals surface area contributed by atoms with E-state index in [2.05, 4.69) is 572 Å².